The maximum atomic E-state index is 14.4. The SMILES string of the molecule is O=S(=O)(O)c1ccc(OS(=O)(=O)c2c(C3CCCC3)cc3ccccc3c2C2CCCC2)c2c1CCCC2. The van der Waals surface area contributed by atoms with Crippen LogP contribution in [0.3, 0.4) is 0 Å². The molecule has 6 nitrogen and oxygen atoms in total. The molecule has 6 rings (SSSR count). The van der Waals surface area contributed by atoms with Crippen molar-refractivity contribution in [2.45, 2.75) is 98.7 Å². The van der Waals surface area contributed by atoms with Gasteiger partial charge in [0.15, 0.2) is 0 Å². The monoisotopic (exact) mass is 554 g/mol. The zero-order valence-corrected chi connectivity index (χ0v) is 23.1. The third-order valence-corrected chi connectivity index (χ3v) is 11.1. The van der Waals surface area contributed by atoms with Gasteiger partial charge < -0.3 is 4.18 Å². The first-order valence-electron chi connectivity index (χ1n) is 13.9. The molecule has 38 heavy (non-hydrogen) atoms. The summed E-state index contributed by atoms with van der Waals surface area (Å²) in [7, 11) is -8.66. The third kappa shape index (κ3) is 4.65. The number of hydrogen-bond acceptors (Lipinski definition) is 5. The highest BCUT2D eigenvalue weighted by atomic mass is 32.2. The van der Waals surface area contributed by atoms with Crippen LogP contribution in [0.2, 0.25) is 0 Å². The van der Waals surface area contributed by atoms with E-state index in [9.17, 15) is 21.4 Å². The Morgan fingerprint density at radius 3 is 2.05 bits per heavy atom. The van der Waals surface area contributed by atoms with Gasteiger partial charge in [-0.15, -0.1) is 0 Å². The fourth-order valence-electron chi connectivity index (χ4n) is 7.10. The molecular weight excluding hydrogens is 520 g/mol. The van der Waals surface area contributed by atoms with Crippen molar-refractivity contribution in [2.24, 2.45) is 0 Å². The van der Waals surface area contributed by atoms with Gasteiger partial charge in [-0.25, -0.2) is 0 Å². The first-order valence-corrected chi connectivity index (χ1v) is 16.7. The zero-order valence-electron chi connectivity index (χ0n) is 21.5. The van der Waals surface area contributed by atoms with E-state index in [0.717, 1.165) is 86.1 Å². The van der Waals surface area contributed by atoms with Crippen molar-refractivity contribution < 1.29 is 25.6 Å². The molecule has 2 fully saturated rings. The molecule has 0 saturated heterocycles. The summed E-state index contributed by atoms with van der Waals surface area (Å²) in [5.74, 6) is 0.504. The molecule has 1 N–H and O–H groups in total. The van der Waals surface area contributed by atoms with Gasteiger partial charge in [-0.1, -0.05) is 49.9 Å². The standard InChI is InChI=1S/C30H34O6S2/c31-37(32,33)28-18-17-27(24-15-7-8-16-25(24)28)36-38(34,35)30-26(20-9-1-2-10-20)19-22-13-5-6-14-23(22)29(30)21-11-3-4-12-21/h5-6,13-14,17-21H,1-4,7-12,15-16H2,(H,31,32,33). The second kappa shape index (κ2) is 9.96. The fraction of sp³-hybridized carbons (Fsp3) is 0.467. The summed E-state index contributed by atoms with van der Waals surface area (Å²) in [5, 5.41) is 2.05. The normalized spacial score (nSPS) is 19.2. The molecule has 0 spiro atoms. The van der Waals surface area contributed by atoms with Gasteiger partial charge in [-0.05, 0) is 109 Å². The van der Waals surface area contributed by atoms with Crippen LogP contribution in [-0.2, 0) is 33.1 Å². The van der Waals surface area contributed by atoms with E-state index in [-0.39, 0.29) is 22.5 Å². The van der Waals surface area contributed by atoms with Crippen LogP contribution >= 0.6 is 0 Å². The molecule has 0 aliphatic heterocycles. The third-order valence-electron chi connectivity index (χ3n) is 8.80. The topological polar surface area (TPSA) is 97.7 Å². The lowest BCUT2D eigenvalue weighted by atomic mass is 9.86. The zero-order chi connectivity index (χ0) is 26.5. The summed E-state index contributed by atoms with van der Waals surface area (Å²) < 4.78 is 68.6. The Morgan fingerprint density at radius 1 is 0.737 bits per heavy atom. The Labute approximate surface area is 225 Å². The molecule has 0 atom stereocenters. The van der Waals surface area contributed by atoms with Crippen molar-refractivity contribution in [2.75, 3.05) is 0 Å². The van der Waals surface area contributed by atoms with Gasteiger partial charge in [0.25, 0.3) is 10.1 Å². The summed E-state index contributed by atoms with van der Waals surface area (Å²) in [6, 6.07) is 12.8. The molecule has 0 radical (unpaired) electrons. The average molecular weight is 555 g/mol. The second-order valence-electron chi connectivity index (χ2n) is 11.1. The van der Waals surface area contributed by atoms with E-state index in [2.05, 4.69) is 12.1 Å². The fourth-order valence-corrected chi connectivity index (χ4v) is 9.41. The van der Waals surface area contributed by atoms with Crippen molar-refractivity contribution in [3.8, 4) is 5.75 Å². The van der Waals surface area contributed by atoms with Gasteiger partial charge >= 0.3 is 10.1 Å². The van der Waals surface area contributed by atoms with Gasteiger partial charge in [-0.3, -0.25) is 4.55 Å². The van der Waals surface area contributed by atoms with Crippen LogP contribution in [0.1, 0.15) is 98.3 Å². The minimum Gasteiger partial charge on any atom is -0.379 e. The molecule has 3 aromatic carbocycles. The smallest absolute Gasteiger partial charge is 0.339 e. The van der Waals surface area contributed by atoms with Crippen LogP contribution in [0.4, 0.5) is 0 Å². The minimum absolute atomic E-state index is 0.152. The molecule has 0 bridgehead atoms. The lowest BCUT2D eigenvalue weighted by molar-refractivity contribution is 0.471. The Hall–Kier alpha value is -2.42. The van der Waals surface area contributed by atoms with Crippen LogP contribution in [0.25, 0.3) is 10.8 Å². The number of rotatable bonds is 6. The quantitative estimate of drug-likeness (QED) is 0.259. The Bertz CT molecular complexity index is 1600. The molecule has 3 aromatic rings. The largest absolute Gasteiger partial charge is 0.379 e. The highest BCUT2D eigenvalue weighted by Gasteiger charge is 2.36. The highest BCUT2D eigenvalue weighted by molar-refractivity contribution is 7.87. The Morgan fingerprint density at radius 2 is 1.37 bits per heavy atom. The lowest BCUT2D eigenvalue weighted by Gasteiger charge is -2.26. The maximum absolute atomic E-state index is 14.4. The van der Waals surface area contributed by atoms with Crippen LogP contribution in [0.5, 0.6) is 5.75 Å². The minimum atomic E-state index is -4.42. The van der Waals surface area contributed by atoms with Crippen LogP contribution < -0.4 is 4.18 Å². The predicted octanol–water partition coefficient (Wildman–Crippen LogP) is 7.05. The van der Waals surface area contributed by atoms with Gasteiger partial charge in [0.1, 0.15) is 10.6 Å². The Balaban J connectivity index is 1.55. The molecule has 0 heterocycles. The van der Waals surface area contributed by atoms with Crippen molar-refractivity contribution in [1.29, 1.82) is 0 Å². The highest BCUT2D eigenvalue weighted by Crippen LogP contribution is 2.47. The first kappa shape index (κ1) is 25.8. The molecule has 202 valence electrons. The number of hydrogen-bond donors (Lipinski definition) is 1. The predicted molar refractivity (Wildman–Crippen MR) is 147 cm³/mol. The molecule has 3 aliphatic rings. The molecule has 3 aliphatic carbocycles. The van der Waals surface area contributed by atoms with Crippen molar-refractivity contribution in [1.82, 2.24) is 0 Å². The maximum Gasteiger partial charge on any atom is 0.339 e. The first-order chi connectivity index (χ1) is 18.2. The summed E-state index contributed by atoms with van der Waals surface area (Å²) in [6.45, 7) is 0. The van der Waals surface area contributed by atoms with E-state index >= 15 is 0 Å². The van der Waals surface area contributed by atoms with Crippen LogP contribution in [-0.4, -0.2) is 21.4 Å². The van der Waals surface area contributed by atoms with Gasteiger partial charge in [0.2, 0.25) is 0 Å². The summed E-state index contributed by atoms with van der Waals surface area (Å²) in [6.07, 6.45) is 10.7. The van der Waals surface area contributed by atoms with E-state index in [1.54, 1.807) is 0 Å². The van der Waals surface area contributed by atoms with E-state index in [1.807, 2.05) is 18.2 Å². The summed E-state index contributed by atoms with van der Waals surface area (Å²) >= 11 is 0. The number of benzene rings is 3. The van der Waals surface area contributed by atoms with Gasteiger partial charge in [0.05, 0.1) is 4.90 Å². The van der Waals surface area contributed by atoms with E-state index in [0.29, 0.717) is 28.9 Å². The lowest BCUT2D eigenvalue weighted by Crippen LogP contribution is -2.20. The van der Waals surface area contributed by atoms with E-state index < -0.39 is 20.2 Å². The van der Waals surface area contributed by atoms with Gasteiger partial charge in [0, 0.05) is 5.56 Å². The van der Waals surface area contributed by atoms with Crippen molar-refractivity contribution in [3.63, 3.8) is 0 Å². The van der Waals surface area contributed by atoms with Crippen molar-refractivity contribution >= 4 is 31.0 Å². The Kier molecular flexibility index (Phi) is 6.77. The van der Waals surface area contributed by atoms with Crippen molar-refractivity contribution in [3.05, 3.63) is 64.7 Å². The van der Waals surface area contributed by atoms with Crippen LogP contribution in [0, 0.1) is 0 Å². The van der Waals surface area contributed by atoms with Gasteiger partial charge in [-0.2, -0.15) is 16.8 Å². The summed E-state index contributed by atoms with van der Waals surface area (Å²) in [5.41, 5.74) is 2.80. The number of fused-ring (bicyclic) bond motifs is 2. The molecule has 8 heteroatoms. The second-order valence-corrected chi connectivity index (χ2v) is 14.0. The molecule has 0 aromatic heterocycles. The molecular formula is C30H34O6S2. The molecule has 0 amide bonds. The van der Waals surface area contributed by atoms with E-state index in [1.165, 1.54) is 12.1 Å². The summed E-state index contributed by atoms with van der Waals surface area (Å²) in [4.78, 5) is 0.180. The average Bonchev–Trinajstić information content (AvgIpc) is 3.62. The molecule has 0 unspecified atom stereocenters. The van der Waals surface area contributed by atoms with Crippen LogP contribution in [0.15, 0.2) is 52.3 Å². The van der Waals surface area contributed by atoms with E-state index in [4.69, 9.17) is 4.18 Å². The molecule has 2 saturated carbocycles.